The van der Waals surface area contributed by atoms with Gasteiger partial charge >= 0.3 is 5.97 Å². The van der Waals surface area contributed by atoms with Crippen LogP contribution in [-0.2, 0) is 9.53 Å². The number of hydrogen-bond donors (Lipinski definition) is 0. The molecule has 0 aliphatic carbocycles. The Morgan fingerprint density at radius 3 is 2.88 bits per heavy atom. The maximum Gasteiger partial charge on any atom is 0.323 e. The molecule has 0 radical (unpaired) electrons. The minimum absolute atomic E-state index is 0.0241. The zero-order valence-electron chi connectivity index (χ0n) is 10.0. The topological polar surface area (TPSA) is 29.5 Å². The van der Waals surface area contributed by atoms with Gasteiger partial charge in [-0.05, 0) is 18.9 Å². The van der Waals surface area contributed by atoms with Gasteiger partial charge < -0.3 is 4.74 Å². The van der Waals surface area contributed by atoms with E-state index in [4.69, 9.17) is 4.74 Å². The van der Waals surface area contributed by atoms with E-state index in [1.165, 1.54) is 5.56 Å². The standard InChI is InChI=1S/C14H17NO2/c1-10(11-5-3-2-4-6-11)15-8-7-12-9-13(15)14(16)17-12/h2-6,10,12-13H,7-9H2,1H3/t10-,12?,13?/m0/s1. The first kappa shape index (κ1) is 10.8. The SMILES string of the molecule is C[C@@H](c1ccccc1)N1CCC2CC1C(=O)O2. The lowest BCUT2D eigenvalue weighted by atomic mass is 9.98. The Hall–Kier alpha value is -1.35. The summed E-state index contributed by atoms with van der Waals surface area (Å²) < 4.78 is 5.32. The summed E-state index contributed by atoms with van der Waals surface area (Å²) in [5, 5.41) is 0. The van der Waals surface area contributed by atoms with Crippen LogP contribution in [0.3, 0.4) is 0 Å². The van der Waals surface area contributed by atoms with E-state index in [1.54, 1.807) is 0 Å². The maximum atomic E-state index is 11.7. The predicted octanol–water partition coefficient (Wildman–Crippen LogP) is 2.14. The number of piperidine rings is 1. The third kappa shape index (κ3) is 1.84. The molecule has 3 heteroatoms. The third-order valence-electron chi connectivity index (χ3n) is 3.93. The van der Waals surface area contributed by atoms with Crippen molar-refractivity contribution in [3.05, 3.63) is 35.9 Å². The van der Waals surface area contributed by atoms with Gasteiger partial charge in [0.1, 0.15) is 12.1 Å². The molecule has 3 rings (SSSR count). The first-order valence-electron chi connectivity index (χ1n) is 6.27. The van der Waals surface area contributed by atoms with Gasteiger partial charge in [-0.15, -0.1) is 0 Å². The van der Waals surface area contributed by atoms with Crippen molar-refractivity contribution in [3.63, 3.8) is 0 Å². The Labute approximate surface area is 101 Å². The van der Waals surface area contributed by atoms with Crippen LogP contribution >= 0.6 is 0 Å². The number of carbonyl (C=O) groups is 1. The summed E-state index contributed by atoms with van der Waals surface area (Å²) in [5.74, 6) is -0.0321. The fourth-order valence-corrected chi connectivity index (χ4v) is 2.92. The summed E-state index contributed by atoms with van der Waals surface area (Å²) in [5.41, 5.74) is 1.27. The minimum Gasteiger partial charge on any atom is -0.461 e. The molecule has 3 nitrogen and oxygen atoms in total. The van der Waals surface area contributed by atoms with Crippen molar-refractivity contribution in [2.24, 2.45) is 0 Å². The van der Waals surface area contributed by atoms with E-state index in [2.05, 4.69) is 24.0 Å². The highest BCUT2D eigenvalue weighted by Crippen LogP contribution is 2.34. The van der Waals surface area contributed by atoms with Crippen molar-refractivity contribution >= 4 is 5.97 Å². The van der Waals surface area contributed by atoms with E-state index in [-0.39, 0.29) is 24.2 Å². The lowest BCUT2D eigenvalue weighted by Crippen LogP contribution is -2.43. The average Bonchev–Trinajstić information content (AvgIpc) is 2.66. The molecule has 2 saturated heterocycles. The Morgan fingerprint density at radius 1 is 1.35 bits per heavy atom. The normalized spacial score (nSPS) is 30.1. The Morgan fingerprint density at radius 2 is 2.12 bits per heavy atom. The number of hydrogen-bond acceptors (Lipinski definition) is 3. The summed E-state index contributed by atoms with van der Waals surface area (Å²) in [7, 11) is 0. The highest BCUT2D eigenvalue weighted by Gasteiger charge is 2.44. The van der Waals surface area contributed by atoms with Crippen molar-refractivity contribution in [2.75, 3.05) is 6.54 Å². The van der Waals surface area contributed by atoms with Crippen LogP contribution in [0.4, 0.5) is 0 Å². The molecule has 3 atom stereocenters. The Bertz CT molecular complexity index is 417. The average molecular weight is 231 g/mol. The van der Waals surface area contributed by atoms with E-state index >= 15 is 0 Å². The molecule has 2 fully saturated rings. The molecule has 2 unspecified atom stereocenters. The van der Waals surface area contributed by atoms with Crippen LogP contribution in [0.25, 0.3) is 0 Å². The molecular formula is C14H17NO2. The van der Waals surface area contributed by atoms with Gasteiger partial charge in [0.25, 0.3) is 0 Å². The number of nitrogens with zero attached hydrogens (tertiary/aromatic N) is 1. The van der Waals surface area contributed by atoms with Crippen molar-refractivity contribution in [3.8, 4) is 0 Å². The molecule has 17 heavy (non-hydrogen) atoms. The van der Waals surface area contributed by atoms with Gasteiger partial charge in [-0.3, -0.25) is 9.69 Å². The highest BCUT2D eigenvalue weighted by atomic mass is 16.6. The number of benzene rings is 1. The quantitative estimate of drug-likeness (QED) is 0.730. The fourth-order valence-electron chi connectivity index (χ4n) is 2.92. The van der Waals surface area contributed by atoms with Gasteiger partial charge in [0, 0.05) is 19.0 Å². The number of esters is 1. The summed E-state index contributed by atoms with van der Waals surface area (Å²) in [6.07, 6.45) is 2.02. The zero-order valence-corrected chi connectivity index (χ0v) is 10.0. The van der Waals surface area contributed by atoms with Gasteiger partial charge in [-0.1, -0.05) is 30.3 Å². The molecule has 1 aromatic carbocycles. The summed E-state index contributed by atoms with van der Waals surface area (Å²) in [6.45, 7) is 3.12. The number of rotatable bonds is 2. The van der Waals surface area contributed by atoms with Crippen LogP contribution in [0, 0.1) is 0 Å². The minimum atomic E-state index is -0.0321. The van der Waals surface area contributed by atoms with Crippen molar-refractivity contribution in [1.82, 2.24) is 4.90 Å². The largest absolute Gasteiger partial charge is 0.461 e. The van der Waals surface area contributed by atoms with Crippen LogP contribution in [-0.4, -0.2) is 29.6 Å². The smallest absolute Gasteiger partial charge is 0.323 e. The second-order valence-electron chi connectivity index (χ2n) is 4.92. The molecule has 0 amide bonds. The maximum absolute atomic E-state index is 11.7. The lowest BCUT2D eigenvalue weighted by Gasteiger charge is -2.34. The van der Waals surface area contributed by atoms with Crippen LogP contribution in [0.5, 0.6) is 0 Å². The van der Waals surface area contributed by atoms with Crippen LogP contribution in [0.15, 0.2) is 30.3 Å². The number of carbonyl (C=O) groups excluding carboxylic acids is 1. The first-order chi connectivity index (χ1) is 8.25. The fraction of sp³-hybridized carbons (Fsp3) is 0.500. The Kier molecular flexibility index (Phi) is 2.63. The molecule has 0 aromatic heterocycles. The van der Waals surface area contributed by atoms with Gasteiger partial charge in [-0.2, -0.15) is 0 Å². The molecule has 0 saturated carbocycles. The predicted molar refractivity (Wildman–Crippen MR) is 64.5 cm³/mol. The van der Waals surface area contributed by atoms with Crippen molar-refractivity contribution in [1.29, 1.82) is 0 Å². The van der Waals surface area contributed by atoms with Gasteiger partial charge in [0.05, 0.1) is 0 Å². The zero-order chi connectivity index (χ0) is 11.8. The van der Waals surface area contributed by atoms with Crippen molar-refractivity contribution in [2.45, 2.75) is 38.0 Å². The van der Waals surface area contributed by atoms with Gasteiger partial charge in [0.15, 0.2) is 0 Å². The summed E-state index contributed by atoms with van der Waals surface area (Å²) in [6, 6.07) is 10.6. The molecule has 2 aliphatic heterocycles. The third-order valence-corrected chi connectivity index (χ3v) is 3.93. The molecule has 2 heterocycles. The molecule has 0 N–H and O–H groups in total. The van der Waals surface area contributed by atoms with Crippen LogP contribution in [0.1, 0.15) is 31.4 Å². The second kappa shape index (κ2) is 4.15. The first-order valence-corrected chi connectivity index (χ1v) is 6.27. The van der Waals surface area contributed by atoms with E-state index in [0.29, 0.717) is 0 Å². The number of likely N-dealkylation sites (tertiary alicyclic amines) is 1. The van der Waals surface area contributed by atoms with Crippen LogP contribution in [0.2, 0.25) is 0 Å². The monoisotopic (exact) mass is 231 g/mol. The molecule has 2 aliphatic rings. The molecular weight excluding hydrogens is 214 g/mol. The van der Waals surface area contributed by atoms with E-state index in [0.717, 1.165) is 19.4 Å². The van der Waals surface area contributed by atoms with E-state index in [9.17, 15) is 4.79 Å². The highest BCUT2D eigenvalue weighted by molar-refractivity contribution is 5.78. The van der Waals surface area contributed by atoms with Crippen LogP contribution < -0.4 is 0 Å². The van der Waals surface area contributed by atoms with Crippen molar-refractivity contribution < 1.29 is 9.53 Å². The summed E-state index contributed by atoms with van der Waals surface area (Å²) in [4.78, 5) is 14.0. The second-order valence-corrected chi connectivity index (χ2v) is 4.92. The number of fused-ring (bicyclic) bond motifs is 2. The summed E-state index contributed by atoms with van der Waals surface area (Å²) >= 11 is 0. The number of ether oxygens (including phenoxy) is 1. The molecule has 1 aromatic rings. The Balaban J connectivity index is 1.82. The molecule has 2 bridgehead atoms. The molecule has 0 spiro atoms. The van der Waals surface area contributed by atoms with Gasteiger partial charge in [0.2, 0.25) is 0 Å². The van der Waals surface area contributed by atoms with E-state index < -0.39 is 0 Å². The van der Waals surface area contributed by atoms with Gasteiger partial charge in [-0.25, -0.2) is 0 Å². The molecule has 90 valence electrons. The lowest BCUT2D eigenvalue weighted by molar-refractivity contribution is -0.143. The van der Waals surface area contributed by atoms with E-state index in [1.807, 2.05) is 18.2 Å².